The molecule has 2 rings (SSSR count). The Morgan fingerprint density at radius 2 is 1.76 bits per heavy atom. The number of thiophene rings is 1. The topological polar surface area (TPSA) is 21.3 Å². The zero-order valence-corrected chi connectivity index (χ0v) is 14.4. The van der Waals surface area contributed by atoms with Gasteiger partial charge in [-0.25, -0.2) is 0 Å². The third-order valence-electron chi connectivity index (χ3n) is 3.21. The third kappa shape index (κ3) is 5.18. The van der Waals surface area contributed by atoms with Crippen molar-refractivity contribution in [1.82, 2.24) is 5.32 Å². The van der Waals surface area contributed by atoms with Gasteiger partial charge in [0.2, 0.25) is 0 Å². The first-order chi connectivity index (χ1) is 9.83. The second kappa shape index (κ2) is 6.63. The molecule has 0 aliphatic carbocycles. The molecule has 0 amide bonds. The van der Waals surface area contributed by atoms with Crippen LogP contribution in [0.25, 0.3) is 0 Å². The average molecular weight is 303 g/mol. The first-order valence-corrected chi connectivity index (χ1v) is 8.18. The number of nitrogens with one attached hydrogen (secondary N) is 1. The predicted octanol–water partition coefficient (Wildman–Crippen LogP) is 4.83. The van der Waals surface area contributed by atoms with E-state index in [9.17, 15) is 0 Å². The van der Waals surface area contributed by atoms with Gasteiger partial charge in [-0.3, -0.25) is 0 Å². The van der Waals surface area contributed by atoms with Crippen LogP contribution in [0, 0.1) is 13.8 Å². The Bertz CT molecular complexity index is 596. The van der Waals surface area contributed by atoms with Crippen LogP contribution in [0.1, 0.15) is 41.7 Å². The fourth-order valence-electron chi connectivity index (χ4n) is 2.06. The lowest BCUT2D eigenvalue weighted by Crippen LogP contribution is -2.34. The predicted molar refractivity (Wildman–Crippen MR) is 91.2 cm³/mol. The maximum absolute atomic E-state index is 5.93. The third-order valence-corrected chi connectivity index (χ3v) is 4.27. The molecule has 0 spiro atoms. The highest BCUT2D eigenvalue weighted by atomic mass is 32.1. The molecule has 1 N–H and O–H groups in total. The highest BCUT2D eigenvalue weighted by Crippen LogP contribution is 2.23. The monoisotopic (exact) mass is 303 g/mol. The van der Waals surface area contributed by atoms with E-state index in [2.05, 4.69) is 70.3 Å². The van der Waals surface area contributed by atoms with E-state index in [4.69, 9.17) is 4.74 Å². The summed E-state index contributed by atoms with van der Waals surface area (Å²) < 4.78 is 5.93. The van der Waals surface area contributed by atoms with Crippen molar-refractivity contribution in [3.63, 3.8) is 0 Å². The van der Waals surface area contributed by atoms with Crippen LogP contribution in [0.2, 0.25) is 0 Å². The van der Waals surface area contributed by atoms with E-state index < -0.39 is 0 Å². The van der Waals surface area contributed by atoms with Crippen molar-refractivity contribution in [2.24, 2.45) is 0 Å². The largest absolute Gasteiger partial charge is 0.488 e. The number of benzene rings is 1. The van der Waals surface area contributed by atoms with Crippen LogP contribution in [0.5, 0.6) is 5.75 Å². The second-order valence-corrected chi connectivity index (χ2v) is 7.78. The van der Waals surface area contributed by atoms with E-state index in [0.29, 0.717) is 6.61 Å². The summed E-state index contributed by atoms with van der Waals surface area (Å²) in [5.41, 5.74) is 2.62. The Morgan fingerprint density at radius 3 is 2.43 bits per heavy atom. The molecule has 0 bridgehead atoms. The van der Waals surface area contributed by atoms with E-state index >= 15 is 0 Å². The lowest BCUT2D eigenvalue weighted by atomic mass is 10.1. The number of hydrogen-bond donors (Lipinski definition) is 1. The van der Waals surface area contributed by atoms with Crippen LogP contribution in [-0.4, -0.2) is 5.54 Å². The molecule has 1 aromatic heterocycles. The smallest absolute Gasteiger partial charge is 0.122 e. The second-order valence-electron chi connectivity index (χ2n) is 6.53. The summed E-state index contributed by atoms with van der Waals surface area (Å²) in [6.45, 7) is 12.3. The SMILES string of the molecule is Cc1ccc(OCc2ccc(CNC(C)(C)C)s2)c(C)c1. The fraction of sp³-hybridized carbons (Fsp3) is 0.444. The molecule has 2 nitrogen and oxygen atoms in total. The Labute approximate surface area is 132 Å². The number of ether oxygens (including phenoxy) is 1. The van der Waals surface area contributed by atoms with Crippen molar-refractivity contribution in [2.45, 2.75) is 53.3 Å². The lowest BCUT2D eigenvalue weighted by molar-refractivity contribution is 0.307. The first kappa shape index (κ1) is 16.1. The summed E-state index contributed by atoms with van der Waals surface area (Å²) in [7, 11) is 0. The number of aryl methyl sites for hydroxylation is 2. The van der Waals surface area contributed by atoms with Crippen molar-refractivity contribution < 1.29 is 4.74 Å². The van der Waals surface area contributed by atoms with Gasteiger partial charge in [-0.2, -0.15) is 0 Å². The van der Waals surface area contributed by atoms with E-state index in [1.165, 1.54) is 20.9 Å². The van der Waals surface area contributed by atoms with Crippen LogP contribution >= 0.6 is 11.3 Å². The molecule has 0 saturated heterocycles. The molecule has 0 radical (unpaired) electrons. The number of rotatable bonds is 5. The van der Waals surface area contributed by atoms with Gasteiger partial charge in [-0.15, -0.1) is 11.3 Å². The van der Waals surface area contributed by atoms with E-state index in [-0.39, 0.29) is 5.54 Å². The van der Waals surface area contributed by atoms with Gasteiger partial charge in [0.1, 0.15) is 12.4 Å². The zero-order chi connectivity index (χ0) is 15.5. The van der Waals surface area contributed by atoms with Crippen molar-refractivity contribution in [1.29, 1.82) is 0 Å². The molecule has 0 saturated carbocycles. The highest BCUT2D eigenvalue weighted by Gasteiger charge is 2.09. The van der Waals surface area contributed by atoms with Crippen molar-refractivity contribution >= 4 is 11.3 Å². The summed E-state index contributed by atoms with van der Waals surface area (Å²) in [4.78, 5) is 2.62. The minimum absolute atomic E-state index is 0.152. The molecule has 1 aromatic carbocycles. The van der Waals surface area contributed by atoms with Gasteiger partial charge in [-0.1, -0.05) is 17.7 Å². The molecule has 0 aliphatic heterocycles. The van der Waals surface area contributed by atoms with Gasteiger partial charge in [-0.05, 0) is 58.4 Å². The summed E-state index contributed by atoms with van der Waals surface area (Å²) in [6.07, 6.45) is 0. The van der Waals surface area contributed by atoms with Gasteiger partial charge in [0, 0.05) is 21.8 Å². The Kier molecular flexibility index (Phi) is 5.07. The summed E-state index contributed by atoms with van der Waals surface area (Å²) >= 11 is 1.81. The lowest BCUT2D eigenvalue weighted by Gasteiger charge is -2.19. The van der Waals surface area contributed by atoms with Gasteiger partial charge in [0.05, 0.1) is 0 Å². The summed E-state index contributed by atoms with van der Waals surface area (Å²) in [5, 5.41) is 3.51. The maximum Gasteiger partial charge on any atom is 0.122 e. The van der Waals surface area contributed by atoms with Crippen LogP contribution < -0.4 is 10.1 Å². The first-order valence-electron chi connectivity index (χ1n) is 7.36. The maximum atomic E-state index is 5.93. The molecule has 114 valence electrons. The van der Waals surface area contributed by atoms with Crippen molar-refractivity contribution in [3.05, 3.63) is 51.2 Å². The van der Waals surface area contributed by atoms with Gasteiger partial charge >= 0.3 is 0 Å². The Morgan fingerprint density at radius 1 is 1.05 bits per heavy atom. The molecule has 2 aromatic rings. The Hall–Kier alpha value is -1.32. The molecule has 0 fully saturated rings. The van der Waals surface area contributed by atoms with Crippen LogP contribution in [0.4, 0.5) is 0 Å². The zero-order valence-electron chi connectivity index (χ0n) is 13.6. The minimum Gasteiger partial charge on any atom is -0.488 e. The van der Waals surface area contributed by atoms with Crippen molar-refractivity contribution in [3.8, 4) is 5.75 Å². The molecule has 3 heteroatoms. The molecule has 0 unspecified atom stereocenters. The summed E-state index contributed by atoms with van der Waals surface area (Å²) in [6, 6.07) is 10.6. The van der Waals surface area contributed by atoms with Gasteiger partial charge < -0.3 is 10.1 Å². The average Bonchev–Trinajstić information content (AvgIpc) is 2.82. The standard InChI is InChI=1S/C18H25NOS/c1-13-6-9-17(14(2)10-13)20-12-16-8-7-15(21-16)11-19-18(3,4)5/h6-10,19H,11-12H2,1-5H3. The minimum atomic E-state index is 0.152. The summed E-state index contributed by atoms with van der Waals surface area (Å²) in [5.74, 6) is 0.975. The molecule has 0 aliphatic rings. The molecule has 1 heterocycles. The number of hydrogen-bond acceptors (Lipinski definition) is 3. The normalized spacial score (nSPS) is 11.7. The van der Waals surface area contributed by atoms with Crippen LogP contribution in [-0.2, 0) is 13.2 Å². The quantitative estimate of drug-likeness (QED) is 0.854. The van der Waals surface area contributed by atoms with Crippen LogP contribution in [0.3, 0.4) is 0 Å². The Balaban J connectivity index is 1.90. The van der Waals surface area contributed by atoms with Gasteiger partial charge in [0.15, 0.2) is 0 Å². The van der Waals surface area contributed by atoms with Crippen molar-refractivity contribution in [2.75, 3.05) is 0 Å². The van der Waals surface area contributed by atoms with Gasteiger partial charge in [0.25, 0.3) is 0 Å². The molecule has 21 heavy (non-hydrogen) atoms. The van der Waals surface area contributed by atoms with E-state index in [1.54, 1.807) is 0 Å². The van der Waals surface area contributed by atoms with Crippen LogP contribution in [0.15, 0.2) is 30.3 Å². The molecular weight excluding hydrogens is 278 g/mol. The fourth-order valence-corrected chi connectivity index (χ4v) is 2.93. The highest BCUT2D eigenvalue weighted by molar-refractivity contribution is 7.11. The van der Waals surface area contributed by atoms with E-state index in [1.807, 2.05) is 11.3 Å². The molecular formula is C18H25NOS. The van der Waals surface area contributed by atoms with E-state index in [0.717, 1.165) is 12.3 Å². The molecule has 0 atom stereocenters.